The second kappa shape index (κ2) is 8.14. The Morgan fingerprint density at radius 3 is 2.62 bits per heavy atom. The molecule has 0 unspecified atom stereocenters. The number of rotatable bonds is 9. The van der Waals surface area contributed by atoms with Crippen LogP contribution in [0.2, 0.25) is 0 Å². The van der Waals surface area contributed by atoms with E-state index in [9.17, 15) is 8.42 Å². The number of amidine groups is 1. The first-order valence-electron chi connectivity index (χ1n) is 7.22. The molecule has 1 aromatic carbocycles. The third kappa shape index (κ3) is 5.85. The van der Waals surface area contributed by atoms with E-state index in [1.54, 1.807) is 18.2 Å². The van der Waals surface area contributed by atoms with Crippen molar-refractivity contribution in [3.05, 3.63) is 29.8 Å². The predicted molar refractivity (Wildman–Crippen MR) is 86.5 cm³/mol. The molecular weight excluding hydrogens is 286 g/mol. The molecule has 0 saturated carbocycles. The van der Waals surface area contributed by atoms with E-state index in [0.29, 0.717) is 12.1 Å². The van der Waals surface area contributed by atoms with Crippen molar-refractivity contribution in [2.75, 3.05) is 25.9 Å². The molecule has 0 radical (unpaired) electrons. The van der Waals surface area contributed by atoms with Crippen LogP contribution < -0.4 is 5.73 Å². The summed E-state index contributed by atoms with van der Waals surface area (Å²) in [7, 11) is -1.39. The zero-order valence-electron chi connectivity index (χ0n) is 12.8. The van der Waals surface area contributed by atoms with Crippen LogP contribution in [0.3, 0.4) is 0 Å². The van der Waals surface area contributed by atoms with Gasteiger partial charge < -0.3 is 10.6 Å². The average molecular weight is 311 g/mol. The fraction of sp³-hybridized carbons (Fsp3) is 0.533. The van der Waals surface area contributed by atoms with Crippen LogP contribution in [0, 0.1) is 5.41 Å². The molecule has 0 atom stereocenters. The van der Waals surface area contributed by atoms with Crippen molar-refractivity contribution in [2.24, 2.45) is 5.73 Å². The highest BCUT2D eigenvalue weighted by atomic mass is 32.2. The number of nitrogens with zero attached hydrogens (tertiary/aromatic N) is 1. The fourth-order valence-corrected chi connectivity index (χ4v) is 3.37. The molecule has 3 N–H and O–H groups in total. The van der Waals surface area contributed by atoms with Crippen LogP contribution in [-0.2, 0) is 9.84 Å². The van der Waals surface area contributed by atoms with E-state index in [1.807, 2.05) is 11.9 Å². The minimum atomic E-state index is -3.34. The summed E-state index contributed by atoms with van der Waals surface area (Å²) in [6.07, 6.45) is 3.41. The Morgan fingerprint density at radius 2 is 2.00 bits per heavy atom. The molecule has 0 aliphatic carbocycles. The fourth-order valence-electron chi connectivity index (χ4n) is 1.99. The molecule has 1 aromatic rings. The summed E-state index contributed by atoms with van der Waals surface area (Å²) >= 11 is 0. The van der Waals surface area contributed by atoms with Gasteiger partial charge in [0.15, 0.2) is 9.84 Å². The van der Waals surface area contributed by atoms with Crippen LogP contribution in [0.25, 0.3) is 0 Å². The van der Waals surface area contributed by atoms with Crippen molar-refractivity contribution in [3.8, 4) is 0 Å². The van der Waals surface area contributed by atoms with Crippen molar-refractivity contribution < 1.29 is 8.42 Å². The maximum atomic E-state index is 12.3. The van der Waals surface area contributed by atoms with Gasteiger partial charge in [0.25, 0.3) is 0 Å². The van der Waals surface area contributed by atoms with Gasteiger partial charge in [-0.05, 0) is 32.1 Å². The Balaban J connectivity index is 2.65. The minimum absolute atomic E-state index is 0.0803. The Kier molecular flexibility index (Phi) is 6.84. The first-order chi connectivity index (χ1) is 9.86. The Hall–Kier alpha value is -1.40. The van der Waals surface area contributed by atoms with Crippen molar-refractivity contribution in [3.63, 3.8) is 0 Å². The second-order valence-electron chi connectivity index (χ2n) is 5.27. The standard InChI is InChI=1S/C15H25N3O2S/c1-3-4-5-9-18(2)10-11-21(19,20)14-8-6-7-13(12-14)15(16)17/h6-8,12H,3-5,9-11H2,1-2H3,(H3,16,17). The normalized spacial score (nSPS) is 11.8. The van der Waals surface area contributed by atoms with Gasteiger partial charge in [0, 0.05) is 12.1 Å². The van der Waals surface area contributed by atoms with E-state index in [1.165, 1.54) is 6.07 Å². The van der Waals surface area contributed by atoms with E-state index in [4.69, 9.17) is 11.1 Å². The van der Waals surface area contributed by atoms with Crippen molar-refractivity contribution >= 4 is 15.7 Å². The van der Waals surface area contributed by atoms with Crippen LogP contribution in [-0.4, -0.2) is 45.0 Å². The zero-order chi connectivity index (χ0) is 15.9. The van der Waals surface area contributed by atoms with Crippen molar-refractivity contribution in [1.29, 1.82) is 5.41 Å². The first kappa shape index (κ1) is 17.7. The third-order valence-corrected chi connectivity index (χ3v) is 5.08. The van der Waals surface area contributed by atoms with E-state index >= 15 is 0 Å². The lowest BCUT2D eigenvalue weighted by Gasteiger charge is -2.16. The molecule has 6 heteroatoms. The van der Waals surface area contributed by atoms with Crippen LogP contribution in [0.1, 0.15) is 31.7 Å². The summed E-state index contributed by atoms with van der Waals surface area (Å²) in [6, 6.07) is 6.28. The molecule has 1 rings (SSSR count). The van der Waals surface area contributed by atoms with Crippen LogP contribution in [0.5, 0.6) is 0 Å². The van der Waals surface area contributed by atoms with Gasteiger partial charge in [-0.2, -0.15) is 0 Å². The van der Waals surface area contributed by atoms with Gasteiger partial charge >= 0.3 is 0 Å². The third-order valence-electron chi connectivity index (χ3n) is 3.39. The number of unbranched alkanes of at least 4 members (excludes halogenated alkanes) is 2. The van der Waals surface area contributed by atoms with Crippen molar-refractivity contribution in [2.45, 2.75) is 31.1 Å². The highest BCUT2D eigenvalue weighted by Crippen LogP contribution is 2.13. The van der Waals surface area contributed by atoms with Crippen molar-refractivity contribution in [1.82, 2.24) is 4.90 Å². The molecule has 0 amide bonds. The largest absolute Gasteiger partial charge is 0.384 e. The number of sulfone groups is 1. The lowest BCUT2D eigenvalue weighted by Crippen LogP contribution is -2.26. The van der Waals surface area contributed by atoms with Crippen LogP contribution in [0.4, 0.5) is 0 Å². The smallest absolute Gasteiger partial charge is 0.179 e. The molecule has 0 spiro atoms. The SMILES string of the molecule is CCCCCN(C)CCS(=O)(=O)c1cccc(C(=N)N)c1. The summed E-state index contributed by atoms with van der Waals surface area (Å²) in [5.74, 6) is -0.0412. The van der Waals surface area contributed by atoms with Crippen LogP contribution >= 0.6 is 0 Å². The van der Waals surface area contributed by atoms with E-state index in [0.717, 1.165) is 25.8 Å². The number of hydrogen-bond acceptors (Lipinski definition) is 4. The number of nitrogens with two attached hydrogens (primary N) is 1. The maximum absolute atomic E-state index is 12.3. The molecular formula is C15H25N3O2S. The van der Waals surface area contributed by atoms with Gasteiger partial charge in [0.2, 0.25) is 0 Å². The lowest BCUT2D eigenvalue weighted by atomic mass is 10.2. The number of hydrogen-bond donors (Lipinski definition) is 2. The zero-order valence-corrected chi connectivity index (χ0v) is 13.6. The van der Waals surface area contributed by atoms with Gasteiger partial charge in [-0.1, -0.05) is 31.9 Å². The second-order valence-corrected chi connectivity index (χ2v) is 7.38. The molecule has 21 heavy (non-hydrogen) atoms. The molecule has 0 fully saturated rings. The number of benzene rings is 1. The number of nitrogens with one attached hydrogen (secondary N) is 1. The van der Waals surface area contributed by atoms with Gasteiger partial charge in [0.1, 0.15) is 5.84 Å². The summed E-state index contributed by atoms with van der Waals surface area (Å²) in [5.41, 5.74) is 5.83. The summed E-state index contributed by atoms with van der Waals surface area (Å²) in [5, 5.41) is 7.38. The summed E-state index contributed by atoms with van der Waals surface area (Å²) in [6.45, 7) is 3.57. The van der Waals surface area contributed by atoms with E-state index in [2.05, 4.69) is 6.92 Å². The maximum Gasteiger partial charge on any atom is 0.179 e. The quantitative estimate of drug-likeness (QED) is 0.414. The molecule has 0 aliphatic heterocycles. The Labute approximate surface area is 127 Å². The minimum Gasteiger partial charge on any atom is -0.384 e. The lowest BCUT2D eigenvalue weighted by molar-refractivity contribution is 0.343. The molecule has 0 saturated heterocycles. The summed E-state index contributed by atoms with van der Waals surface area (Å²) in [4.78, 5) is 2.28. The van der Waals surface area contributed by atoms with Gasteiger partial charge in [0.05, 0.1) is 10.6 Å². The Bertz CT molecular complexity index is 570. The van der Waals surface area contributed by atoms with Gasteiger partial charge in [-0.15, -0.1) is 0 Å². The topological polar surface area (TPSA) is 87.2 Å². The first-order valence-corrected chi connectivity index (χ1v) is 8.88. The van der Waals surface area contributed by atoms with E-state index < -0.39 is 9.84 Å². The van der Waals surface area contributed by atoms with Gasteiger partial charge in [-0.25, -0.2) is 8.42 Å². The van der Waals surface area contributed by atoms with E-state index in [-0.39, 0.29) is 16.5 Å². The molecule has 0 aliphatic rings. The molecule has 0 aromatic heterocycles. The molecule has 0 heterocycles. The monoisotopic (exact) mass is 311 g/mol. The Morgan fingerprint density at radius 1 is 1.29 bits per heavy atom. The predicted octanol–water partition coefficient (Wildman–Crippen LogP) is 1.87. The molecule has 5 nitrogen and oxygen atoms in total. The van der Waals surface area contributed by atoms with Crippen LogP contribution in [0.15, 0.2) is 29.2 Å². The molecule has 0 bridgehead atoms. The highest BCUT2D eigenvalue weighted by molar-refractivity contribution is 7.91. The number of nitrogen functional groups attached to an aromatic ring is 1. The highest BCUT2D eigenvalue weighted by Gasteiger charge is 2.16. The molecule has 118 valence electrons. The summed E-state index contributed by atoms with van der Waals surface area (Å²) < 4.78 is 24.6. The van der Waals surface area contributed by atoms with Gasteiger partial charge in [-0.3, -0.25) is 5.41 Å². The average Bonchev–Trinajstić information content (AvgIpc) is 2.45.